The van der Waals surface area contributed by atoms with E-state index < -0.39 is 0 Å². The SMILES string of the molecule is NCC=CCSc1ccc(N)c(Cl)c1. The number of benzene rings is 1. The van der Waals surface area contributed by atoms with Crippen LogP contribution in [-0.4, -0.2) is 12.3 Å². The molecule has 0 heterocycles. The average Bonchev–Trinajstić information content (AvgIpc) is 2.18. The summed E-state index contributed by atoms with van der Waals surface area (Å²) in [6, 6.07) is 5.65. The highest BCUT2D eigenvalue weighted by Crippen LogP contribution is 2.26. The fraction of sp³-hybridized carbons (Fsp3) is 0.200. The maximum absolute atomic E-state index is 5.88. The van der Waals surface area contributed by atoms with Gasteiger partial charge < -0.3 is 11.5 Å². The summed E-state index contributed by atoms with van der Waals surface area (Å²) in [5, 5.41) is 0.609. The quantitative estimate of drug-likeness (QED) is 0.473. The van der Waals surface area contributed by atoms with Crippen LogP contribution in [0.15, 0.2) is 35.2 Å². The Bertz CT molecular complexity index is 326. The zero-order valence-electron chi connectivity index (χ0n) is 7.74. The first kappa shape index (κ1) is 11.4. The van der Waals surface area contributed by atoms with Crippen molar-refractivity contribution >= 4 is 29.1 Å². The Labute approximate surface area is 93.3 Å². The van der Waals surface area contributed by atoms with Gasteiger partial charge in [0, 0.05) is 17.2 Å². The predicted octanol–water partition coefficient (Wildman–Crippen LogP) is 2.53. The topological polar surface area (TPSA) is 52.0 Å². The largest absolute Gasteiger partial charge is 0.398 e. The van der Waals surface area contributed by atoms with Gasteiger partial charge >= 0.3 is 0 Å². The monoisotopic (exact) mass is 228 g/mol. The van der Waals surface area contributed by atoms with E-state index in [0.717, 1.165) is 10.6 Å². The standard InChI is InChI=1S/C10H13ClN2S/c11-9-7-8(3-4-10(9)13)14-6-2-1-5-12/h1-4,7H,5-6,12-13H2. The molecule has 76 valence electrons. The van der Waals surface area contributed by atoms with Crippen LogP contribution in [0.25, 0.3) is 0 Å². The van der Waals surface area contributed by atoms with E-state index in [2.05, 4.69) is 0 Å². The fourth-order valence-corrected chi connectivity index (χ4v) is 1.94. The third kappa shape index (κ3) is 3.62. The van der Waals surface area contributed by atoms with E-state index in [1.807, 2.05) is 30.4 Å². The Balaban J connectivity index is 2.51. The number of thioether (sulfide) groups is 1. The van der Waals surface area contributed by atoms with Crippen LogP contribution in [-0.2, 0) is 0 Å². The molecule has 1 rings (SSSR count). The average molecular weight is 229 g/mol. The van der Waals surface area contributed by atoms with Crippen molar-refractivity contribution < 1.29 is 0 Å². The summed E-state index contributed by atoms with van der Waals surface area (Å²) < 4.78 is 0. The van der Waals surface area contributed by atoms with Gasteiger partial charge in [-0.1, -0.05) is 23.8 Å². The minimum atomic E-state index is 0.586. The lowest BCUT2D eigenvalue weighted by atomic mass is 10.3. The molecule has 0 amide bonds. The second-order valence-electron chi connectivity index (χ2n) is 2.70. The summed E-state index contributed by atoms with van der Waals surface area (Å²) >= 11 is 7.58. The molecular formula is C10H13ClN2S. The zero-order chi connectivity index (χ0) is 10.4. The fourth-order valence-electron chi connectivity index (χ4n) is 0.906. The van der Waals surface area contributed by atoms with E-state index in [0.29, 0.717) is 17.3 Å². The highest BCUT2D eigenvalue weighted by molar-refractivity contribution is 7.99. The van der Waals surface area contributed by atoms with E-state index in [9.17, 15) is 0 Å². The van der Waals surface area contributed by atoms with E-state index in [1.165, 1.54) is 0 Å². The normalized spacial score (nSPS) is 11.0. The van der Waals surface area contributed by atoms with Gasteiger partial charge in [0.05, 0.1) is 10.7 Å². The van der Waals surface area contributed by atoms with Crippen molar-refractivity contribution in [3.63, 3.8) is 0 Å². The Morgan fingerprint density at radius 2 is 2.14 bits per heavy atom. The molecular weight excluding hydrogens is 216 g/mol. The predicted molar refractivity (Wildman–Crippen MR) is 64.8 cm³/mol. The number of hydrogen-bond donors (Lipinski definition) is 2. The van der Waals surface area contributed by atoms with Gasteiger partial charge in [-0.05, 0) is 18.2 Å². The first-order chi connectivity index (χ1) is 6.74. The van der Waals surface area contributed by atoms with Crippen LogP contribution in [0.3, 0.4) is 0 Å². The molecule has 0 aliphatic rings. The summed E-state index contributed by atoms with van der Waals surface area (Å²) in [6.45, 7) is 0.586. The van der Waals surface area contributed by atoms with Crippen molar-refractivity contribution in [2.24, 2.45) is 5.73 Å². The van der Waals surface area contributed by atoms with Crippen molar-refractivity contribution in [3.8, 4) is 0 Å². The number of anilines is 1. The number of rotatable bonds is 4. The third-order valence-corrected chi connectivity index (χ3v) is 2.89. The highest BCUT2D eigenvalue weighted by atomic mass is 35.5. The second-order valence-corrected chi connectivity index (χ2v) is 4.20. The molecule has 1 aromatic rings. The van der Waals surface area contributed by atoms with Gasteiger partial charge in [-0.25, -0.2) is 0 Å². The highest BCUT2D eigenvalue weighted by Gasteiger charge is 1.97. The summed E-state index contributed by atoms with van der Waals surface area (Å²) in [5.74, 6) is 0.900. The van der Waals surface area contributed by atoms with Crippen LogP contribution in [0, 0.1) is 0 Å². The van der Waals surface area contributed by atoms with E-state index in [1.54, 1.807) is 11.8 Å². The molecule has 0 saturated carbocycles. The van der Waals surface area contributed by atoms with Gasteiger partial charge in [0.1, 0.15) is 0 Å². The lowest BCUT2D eigenvalue weighted by Gasteiger charge is -2.01. The van der Waals surface area contributed by atoms with Gasteiger partial charge in [0.15, 0.2) is 0 Å². The first-order valence-corrected chi connectivity index (χ1v) is 5.63. The van der Waals surface area contributed by atoms with Gasteiger partial charge in [0.2, 0.25) is 0 Å². The van der Waals surface area contributed by atoms with E-state index >= 15 is 0 Å². The maximum atomic E-state index is 5.88. The zero-order valence-corrected chi connectivity index (χ0v) is 9.31. The Kier molecular flexibility index (Phi) is 4.87. The minimum absolute atomic E-state index is 0.586. The van der Waals surface area contributed by atoms with Gasteiger partial charge in [-0.15, -0.1) is 11.8 Å². The molecule has 0 atom stereocenters. The van der Waals surface area contributed by atoms with Gasteiger partial charge in [-0.2, -0.15) is 0 Å². The lowest BCUT2D eigenvalue weighted by molar-refractivity contribution is 1.25. The summed E-state index contributed by atoms with van der Waals surface area (Å²) in [5.41, 5.74) is 11.5. The Morgan fingerprint density at radius 3 is 2.79 bits per heavy atom. The van der Waals surface area contributed by atoms with Crippen LogP contribution in [0.1, 0.15) is 0 Å². The van der Waals surface area contributed by atoms with Crippen LogP contribution in [0.5, 0.6) is 0 Å². The van der Waals surface area contributed by atoms with Crippen LogP contribution < -0.4 is 11.5 Å². The molecule has 0 saturated heterocycles. The molecule has 0 radical (unpaired) electrons. The molecule has 4 N–H and O–H groups in total. The van der Waals surface area contributed by atoms with Gasteiger partial charge in [-0.3, -0.25) is 0 Å². The minimum Gasteiger partial charge on any atom is -0.398 e. The maximum Gasteiger partial charge on any atom is 0.0646 e. The molecule has 0 aliphatic heterocycles. The smallest absolute Gasteiger partial charge is 0.0646 e. The molecule has 4 heteroatoms. The van der Waals surface area contributed by atoms with Crippen molar-refractivity contribution in [3.05, 3.63) is 35.4 Å². The number of nitrogens with two attached hydrogens (primary N) is 2. The van der Waals surface area contributed by atoms with E-state index in [-0.39, 0.29) is 0 Å². The number of nitrogen functional groups attached to an aromatic ring is 1. The molecule has 1 aromatic carbocycles. The van der Waals surface area contributed by atoms with Crippen LogP contribution in [0.4, 0.5) is 5.69 Å². The van der Waals surface area contributed by atoms with Crippen molar-refractivity contribution in [2.75, 3.05) is 18.0 Å². The Morgan fingerprint density at radius 1 is 1.36 bits per heavy atom. The molecule has 0 unspecified atom stereocenters. The Hall–Kier alpha value is -0.640. The van der Waals surface area contributed by atoms with Crippen LogP contribution >= 0.6 is 23.4 Å². The van der Waals surface area contributed by atoms with E-state index in [4.69, 9.17) is 23.1 Å². The number of halogens is 1. The van der Waals surface area contributed by atoms with Crippen molar-refractivity contribution in [1.29, 1.82) is 0 Å². The second kappa shape index (κ2) is 5.96. The molecule has 0 fully saturated rings. The molecule has 0 spiro atoms. The molecule has 0 bridgehead atoms. The summed E-state index contributed by atoms with van der Waals surface area (Å²) in [6.07, 6.45) is 3.97. The molecule has 14 heavy (non-hydrogen) atoms. The summed E-state index contributed by atoms with van der Waals surface area (Å²) in [4.78, 5) is 1.12. The van der Waals surface area contributed by atoms with Gasteiger partial charge in [0.25, 0.3) is 0 Å². The van der Waals surface area contributed by atoms with Crippen molar-refractivity contribution in [1.82, 2.24) is 0 Å². The summed E-state index contributed by atoms with van der Waals surface area (Å²) in [7, 11) is 0. The molecule has 0 aliphatic carbocycles. The molecule has 0 aromatic heterocycles. The first-order valence-electron chi connectivity index (χ1n) is 4.27. The molecule has 2 nitrogen and oxygen atoms in total. The number of hydrogen-bond acceptors (Lipinski definition) is 3. The van der Waals surface area contributed by atoms with Crippen molar-refractivity contribution in [2.45, 2.75) is 4.90 Å². The van der Waals surface area contributed by atoms with Crippen LogP contribution in [0.2, 0.25) is 5.02 Å². The lowest BCUT2D eigenvalue weighted by Crippen LogP contribution is -1.92. The third-order valence-electron chi connectivity index (χ3n) is 1.62.